The van der Waals surface area contributed by atoms with E-state index in [0.29, 0.717) is 13.0 Å². The van der Waals surface area contributed by atoms with E-state index in [4.69, 9.17) is 10.6 Å². The molecule has 1 aromatic heterocycles. The van der Waals surface area contributed by atoms with Gasteiger partial charge in [-0.3, -0.25) is 19.6 Å². The van der Waals surface area contributed by atoms with Crippen LogP contribution in [-0.2, 0) is 16.1 Å². The summed E-state index contributed by atoms with van der Waals surface area (Å²) < 4.78 is 6.96. The SMILES string of the molecule is NNC(=O)C1CCC(Cn2cnccc2=O)O1. The van der Waals surface area contributed by atoms with Crippen LogP contribution in [0.5, 0.6) is 0 Å². The summed E-state index contributed by atoms with van der Waals surface area (Å²) >= 11 is 0. The Morgan fingerprint density at radius 2 is 2.47 bits per heavy atom. The number of nitrogens with two attached hydrogens (primary N) is 1. The molecule has 7 heteroatoms. The van der Waals surface area contributed by atoms with Gasteiger partial charge < -0.3 is 4.74 Å². The molecule has 2 rings (SSSR count). The first-order valence-corrected chi connectivity index (χ1v) is 5.37. The van der Waals surface area contributed by atoms with E-state index >= 15 is 0 Å². The Morgan fingerprint density at radius 3 is 3.18 bits per heavy atom. The molecule has 17 heavy (non-hydrogen) atoms. The summed E-state index contributed by atoms with van der Waals surface area (Å²) in [4.78, 5) is 26.5. The van der Waals surface area contributed by atoms with Gasteiger partial charge in [0.2, 0.25) is 0 Å². The summed E-state index contributed by atoms with van der Waals surface area (Å²) in [5.74, 6) is 4.70. The molecule has 0 bridgehead atoms. The monoisotopic (exact) mass is 238 g/mol. The number of carbonyl (C=O) groups is 1. The van der Waals surface area contributed by atoms with Gasteiger partial charge in [0, 0.05) is 12.3 Å². The topological polar surface area (TPSA) is 99.2 Å². The fourth-order valence-corrected chi connectivity index (χ4v) is 1.86. The molecule has 2 atom stereocenters. The van der Waals surface area contributed by atoms with Gasteiger partial charge >= 0.3 is 0 Å². The van der Waals surface area contributed by atoms with Crippen LogP contribution in [0.25, 0.3) is 0 Å². The zero-order valence-corrected chi connectivity index (χ0v) is 9.20. The summed E-state index contributed by atoms with van der Waals surface area (Å²) in [6.45, 7) is 0.404. The number of ether oxygens (including phenoxy) is 1. The lowest BCUT2D eigenvalue weighted by Gasteiger charge is -2.13. The first-order chi connectivity index (χ1) is 8.20. The molecule has 7 nitrogen and oxygen atoms in total. The maximum absolute atomic E-state index is 11.4. The molecule has 1 aromatic rings. The molecule has 3 N–H and O–H groups in total. The van der Waals surface area contributed by atoms with E-state index in [-0.39, 0.29) is 17.6 Å². The highest BCUT2D eigenvalue weighted by atomic mass is 16.5. The van der Waals surface area contributed by atoms with Crippen molar-refractivity contribution in [2.75, 3.05) is 0 Å². The van der Waals surface area contributed by atoms with Crippen LogP contribution in [0.2, 0.25) is 0 Å². The van der Waals surface area contributed by atoms with Crippen LogP contribution < -0.4 is 16.8 Å². The quantitative estimate of drug-likeness (QED) is 0.390. The molecule has 1 aliphatic heterocycles. The van der Waals surface area contributed by atoms with Crippen LogP contribution in [-0.4, -0.2) is 27.7 Å². The first kappa shape index (κ1) is 11.7. The second-order valence-electron chi connectivity index (χ2n) is 3.90. The van der Waals surface area contributed by atoms with Gasteiger partial charge in [-0.05, 0) is 12.8 Å². The maximum Gasteiger partial charge on any atom is 0.263 e. The third-order valence-electron chi connectivity index (χ3n) is 2.73. The molecule has 0 aromatic carbocycles. The van der Waals surface area contributed by atoms with Crippen molar-refractivity contribution in [2.24, 2.45) is 5.84 Å². The molecule has 1 aliphatic rings. The first-order valence-electron chi connectivity index (χ1n) is 5.37. The number of carbonyl (C=O) groups excluding carboxylic acids is 1. The van der Waals surface area contributed by atoms with E-state index in [2.05, 4.69) is 10.4 Å². The van der Waals surface area contributed by atoms with E-state index in [9.17, 15) is 9.59 Å². The zero-order valence-electron chi connectivity index (χ0n) is 9.20. The minimum Gasteiger partial charge on any atom is -0.363 e. The molecule has 0 spiro atoms. The Balaban J connectivity index is 1.97. The van der Waals surface area contributed by atoms with Crippen molar-refractivity contribution >= 4 is 5.91 Å². The van der Waals surface area contributed by atoms with Crippen LogP contribution in [0.4, 0.5) is 0 Å². The highest BCUT2D eigenvalue weighted by Crippen LogP contribution is 2.20. The minimum atomic E-state index is -0.516. The van der Waals surface area contributed by atoms with Gasteiger partial charge in [0.1, 0.15) is 6.10 Å². The largest absolute Gasteiger partial charge is 0.363 e. The third kappa shape index (κ3) is 2.69. The highest BCUT2D eigenvalue weighted by Gasteiger charge is 2.30. The van der Waals surface area contributed by atoms with E-state index < -0.39 is 6.10 Å². The Labute approximate surface area is 97.6 Å². The Hall–Kier alpha value is -1.73. The number of aromatic nitrogens is 2. The average Bonchev–Trinajstić information content (AvgIpc) is 2.80. The summed E-state index contributed by atoms with van der Waals surface area (Å²) in [7, 11) is 0. The van der Waals surface area contributed by atoms with Crippen LogP contribution in [0.1, 0.15) is 12.8 Å². The van der Waals surface area contributed by atoms with Gasteiger partial charge in [0.05, 0.1) is 19.0 Å². The summed E-state index contributed by atoms with van der Waals surface area (Å²) in [5, 5.41) is 0. The van der Waals surface area contributed by atoms with Gasteiger partial charge in [0.15, 0.2) is 0 Å². The highest BCUT2D eigenvalue weighted by molar-refractivity contribution is 5.80. The Morgan fingerprint density at radius 1 is 1.65 bits per heavy atom. The number of hydrogen-bond acceptors (Lipinski definition) is 5. The summed E-state index contributed by atoms with van der Waals surface area (Å²) in [6, 6.07) is 1.39. The lowest BCUT2D eigenvalue weighted by Crippen LogP contribution is -2.39. The van der Waals surface area contributed by atoms with E-state index in [1.807, 2.05) is 0 Å². The van der Waals surface area contributed by atoms with Crippen molar-refractivity contribution < 1.29 is 9.53 Å². The summed E-state index contributed by atoms with van der Waals surface area (Å²) in [5.41, 5.74) is 1.93. The van der Waals surface area contributed by atoms with Crippen LogP contribution in [0.15, 0.2) is 23.4 Å². The second kappa shape index (κ2) is 5.07. The molecule has 1 saturated heterocycles. The lowest BCUT2D eigenvalue weighted by atomic mass is 10.2. The van der Waals surface area contributed by atoms with E-state index in [1.165, 1.54) is 23.2 Å². The third-order valence-corrected chi connectivity index (χ3v) is 2.73. The molecule has 1 fully saturated rings. The zero-order chi connectivity index (χ0) is 12.3. The molecule has 1 amide bonds. The van der Waals surface area contributed by atoms with Gasteiger partial charge in [-0.15, -0.1) is 0 Å². The normalized spacial score (nSPS) is 23.6. The second-order valence-corrected chi connectivity index (χ2v) is 3.90. The number of hydrogen-bond donors (Lipinski definition) is 2. The van der Waals surface area contributed by atoms with Crippen molar-refractivity contribution in [1.82, 2.24) is 15.0 Å². The van der Waals surface area contributed by atoms with Crippen LogP contribution in [0.3, 0.4) is 0 Å². The number of nitrogens with zero attached hydrogens (tertiary/aromatic N) is 2. The standard InChI is InChI=1S/C10H14N4O3/c11-13-10(16)8-2-1-7(17-8)5-14-6-12-4-3-9(14)15/h3-4,6-8H,1-2,5,11H2,(H,13,16). The molecular weight excluding hydrogens is 224 g/mol. The molecule has 92 valence electrons. The number of hydrazine groups is 1. The molecule has 0 saturated carbocycles. The van der Waals surface area contributed by atoms with Crippen LogP contribution >= 0.6 is 0 Å². The van der Waals surface area contributed by atoms with Crippen molar-refractivity contribution in [3.8, 4) is 0 Å². The molecule has 0 aliphatic carbocycles. The van der Waals surface area contributed by atoms with Gasteiger partial charge in [0.25, 0.3) is 11.5 Å². The van der Waals surface area contributed by atoms with Gasteiger partial charge in [-0.25, -0.2) is 10.8 Å². The van der Waals surface area contributed by atoms with Crippen molar-refractivity contribution in [1.29, 1.82) is 0 Å². The number of amides is 1. The predicted octanol–water partition coefficient (Wildman–Crippen LogP) is -1.22. The van der Waals surface area contributed by atoms with Crippen molar-refractivity contribution in [3.05, 3.63) is 28.9 Å². The smallest absolute Gasteiger partial charge is 0.263 e. The van der Waals surface area contributed by atoms with Crippen LogP contribution in [0, 0.1) is 0 Å². The molecular formula is C10H14N4O3. The fourth-order valence-electron chi connectivity index (χ4n) is 1.86. The number of nitrogens with one attached hydrogen (secondary N) is 1. The average molecular weight is 238 g/mol. The maximum atomic E-state index is 11.4. The predicted molar refractivity (Wildman–Crippen MR) is 58.7 cm³/mol. The fraction of sp³-hybridized carbons (Fsp3) is 0.500. The Kier molecular flexibility index (Phi) is 3.50. The van der Waals surface area contributed by atoms with Crippen molar-refractivity contribution in [2.45, 2.75) is 31.6 Å². The lowest BCUT2D eigenvalue weighted by molar-refractivity contribution is -0.132. The van der Waals surface area contributed by atoms with Crippen molar-refractivity contribution in [3.63, 3.8) is 0 Å². The van der Waals surface area contributed by atoms with E-state index in [0.717, 1.165) is 6.42 Å². The van der Waals surface area contributed by atoms with E-state index in [1.54, 1.807) is 0 Å². The van der Waals surface area contributed by atoms with Gasteiger partial charge in [-0.2, -0.15) is 0 Å². The molecule has 2 heterocycles. The summed E-state index contributed by atoms with van der Waals surface area (Å²) in [6.07, 6.45) is 3.57. The minimum absolute atomic E-state index is 0.129. The Bertz CT molecular complexity index is 459. The molecule has 0 radical (unpaired) electrons. The number of rotatable bonds is 3. The van der Waals surface area contributed by atoms with Gasteiger partial charge in [-0.1, -0.05) is 0 Å². The molecule has 2 unspecified atom stereocenters.